The molecule has 0 bridgehead atoms. The van der Waals surface area contributed by atoms with Crippen LogP contribution in [0.4, 0.5) is 5.82 Å². The number of halogens is 1. The second-order valence-electron chi connectivity index (χ2n) is 4.70. The van der Waals surface area contributed by atoms with E-state index in [1.165, 1.54) is 10.7 Å². The molecule has 1 aromatic carbocycles. The fourth-order valence-electron chi connectivity index (χ4n) is 2.24. The fraction of sp³-hybridized carbons (Fsp3) is 0.0667. The first-order valence-corrected chi connectivity index (χ1v) is 6.75. The van der Waals surface area contributed by atoms with Crippen molar-refractivity contribution in [3.63, 3.8) is 0 Å². The van der Waals surface area contributed by atoms with E-state index < -0.39 is 0 Å². The van der Waals surface area contributed by atoms with E-state index in [2.05, 4.69) is 10.1 Å². The summed E-state index contributed by atoms with van der Waals surface area (Å²) in [5.41, 5.74) is 7.87. The van der Waals surface area contributed by atoms with E-state index in [-0.39, 0.29) is 17.2 Å². The summed E-state index contributed by atoms with van der Waals surface area (Å²) in [6.07, 6.45) is 1.37. The van der Waals surface area contributed by atoms with Gasteiger partial charge in [-0.2, -0.15) is 14.9 Å². The number of hydrogen-bond donors (Lipinski definition) is 1. The molecule has 0 atom stereocenters. The predicted octanol–water partition coefficient (Wildman–Crippen LogP) is 2.38. The summed E-state index contributed by atoms with van der Waals surface area (Å²) < 4.78 is 1.30. The number of fused-ring (bicyclic) bond motifs is 1. The number of nitrogens with two attached hydrogens (primary N) is 1. The first-order chi connectivity index (χ1) is 10.5. The number of anilines is 1. The molecule has 0 aliphatic heterocycles. The SMILES string of the molecule is Cc1nc2c(C#N)cnn2c(N)c1C(=O)c1ccc(Cl)cc1. The van der Waals surface area contributed by atoms with Gasteiger partial charge in [0.05, 0.1) is 17.5 Å². The number of aromatic nitrogens is 3. The van der Waals surface area contributed by atoms with E-state index >= 15 is 0 Å². The van der Waals surface area contributed by atoms with Crippen molar-refractivity contribution in [3.8, 4) is 6.07 Å². The fourth-order valence-corrected chi connectivity index (χ4v) is 2.36. The zero-order chi connectivity index (χ0) is 15.9. The summed E-state index contributed by atoms with van der Waals surface area (Å²) >= 11 is 5.83. The first kappa shape index (κ1) is 14.0. The predicted molar refractivity (Wildman–Crippen MR) is 81.7 cm³/mol. The quantitative estimate of drug-likeness (QED) is 0.733. The van der Waals surface area contributed by atoms with Crippen LogP contribution >= 0.6 is 11.6 Å². The number of aryl methyl sites for hydroxylation is 1. The molecule has 3 aromatic rings. The van der Waals surface area contributed by atoms with Gasteiger partial charge < -0.3 is 5.73 Å². The number of carbonyl (C=O) groups is 1. The van der Waals surface area contributed by atoms with Crippen LogP contribution in [0.1, 0.15) is 27.2 Å². The molecule has 7 heteroatoms. The molecular weight excluding hydrogens is 302 g/mol. The van der Waals surface area contributed by atoms with E-state index in [9.17, 15) is 4.79 Å². The molecule has 0 saturated carbocycles. The Morgan fingerprint density at radius 1 is 1.36 bits per heavy atom. The van der Waals surface area contributed by atoms with Gasteiger partial charge >= 0.3 is 0 Å². The molecule has 3 rings (SSSR count). The van der Waals surface area contributed by atoms with E-state index in [1.807, 2.05) is 6.07 Å². The molecular formula is C15H10ClN5O. The summed E-state index contributed by atoms with van der Waals surface area (Å²) in [6, 6.07) is 8.50. The molecule has 0 unspecified atom stereocenters. The number of rotatable bonds is 2. The number of nitrogen functional groups attached to an aromatic ring is 1. The molecule has 6 nitrogen and oxygen atoms in total. The van der Waals surface area contributed by atoms with Crippen molar-refractivity contribution in [2.75, 3.05) is 5.73 Å². The summed E-state index contributed by atoms with van der Waals surface area (Å²) in [4.78, 5) is 16.9. The lowest BCUT2D eigenvalue weighted by Crippen LogP contribution is -2.14. The van der Waals surface area contributed by atoms with Gasteiger partial charge in [0.2, 0.25) is 0 Å². The average Bonchev–Trinajstić information content (AvgIpc) is 2.90. The van der Waals surface area contributed by atoms with Crippen molar-refractivity contribution >= 4 is 28.8 Å². The van der Waals surface area contributed by atoms with E-state index in [0.29, 0.717) is 27.5 Å². The molecule has 0 spiro atoms. The van der Waals surface area contributed by atoms with Crippen LogP contribution < -0.4 is 5.73 Å². The number of ketones is 1. The Labute approximate surface area is 130 Å². The monoisotopic (exact) mass is 311 g/mol. The number of nitriles is 1. The van der Waals surface area contributed by atoms with Crippen molar-refractivity contribution in [1.82, 2.24) is 14.6 Å². The minimum Gasteiger partial charge on any atom is -0.383 e. The van der Waals surface area contributed by atoms with Gasteiger partial charge in [0.25, 0.3) is 0 Å². The van der Waals surface area contributed by atoms with E-state index in [4.69, 9.17) is 22.6 Å². The molecule has 22 heavy (non-hydrogen) atoms. The van der Waals surface area contributed by atoms with Crippen molar-refractivity contribution in [2.24, 2.45) is 0 Å². The molecule has 0 fully saturated rings. The summed E-state index contributed by atoms with van der Waals surface area (Å²) in [6.45, 7) is 1.67. The van der Waals surface area contributed by atoms with Crippen LogP contribution in [0, 0.1) is 18.3 Å². The Bertz CT molecular complexity index is 937. The molecule has 2 aromatic heterocycles. The Morgan fingerprint density at radius 2 is 2.05 bits per heavy atom. The average molecular weight is 312 g/mol. The Kier molecular flexibility index (Phi) is 3.28. The molecule has 108 valence electrons. The number of hydrogen-bond acceptors (Lipinski definition) is 5. The van der Waals surface area contributed by atoms with Gasteiger partial charge in [-0.3, -0.25) is 4.79 Å². The van der Waals surface area contributed by atoms with Crippen LogP contribution in [0.15, 0.2) is 30.5 Å². The highest BCUT2D eigenvalue weighted by Crippen LogP contribution is 2.23. The maximum atomic E-state index is 12.7. The number of benzene rings is 1. The molecule has 0 aliphatic carbocycles. The lowest BCUT2D eigenvalue weighted by molar-refractivity contribution is 0.103. The van der Waals surface area contributed by atoms with Gasteiger partial charge in [-0.1, -0.05) is 11.6 Å². The Hall–Kier alpha value is -2.91. The maximum Gasteiger partial charge on any atom is 0.198 e. The minimum atomic E-state index is -0.268. The third-order valence-corrected chi connectivity index (χ3v) is 3.57. The largest absolute Gasteiger partial charge is 0.383 e. The van der Waals surface area contributed by atoms with Gasteiger partial charge in [0, 0.05) is 10.6 Å². The van der Waals surface area contributed by atoms with Gasteiger partial charge in [-0.15, -0.1) is 0 Å². The van der Waals surface area contributed by atoms with Crippen LogP contribution in [0.5, 0.6) is 0 Å². The zero-order valence-electron chi connectivity index (χ0n) is 11.5. The summed E-state index contributed by atoms with van der Waals surface area (Å²) in [5, 5.41) is 13.6. The molecule has 2 heterocycles. The third kappa shape index (κ3) is 2.08. The maximum absolute atomic E-state index is 12.7. The van der Waals surface area contributed by atoms with Crippen molar-refractivity contribution in [1.29, 1.82) is 5.26 Å². The number of nitrogens with zero attached hydrogens (tertiary/aromatic N) is 4. The molecule has 0 radical (unpaired) electrons. The topological polar surface area (TPSA) is 97.1 Å². The number of carbonyl (C=O) groups excluding carboxylic acids is 1. The van der Waals surface area contributed by atoms with Gasteiger partial charge in [-0.05, 0) is 31.2 Å². The third-order valence-electron chi connectivity index (χ3n) is 3.32. The molecule has 0 amide bonds. The highest BCUT2D eigenvalue weighted by atomic mass is 35.5. The second-order valence-corrected chi connectivity index (χ2v) is 5.14. The van der Waals surface area contributed by atoms with Crippen molar-refractivity contribution in [2.45, 2.75) is 6.92 Å². The zero-order valence-corrected chi connectivity index (χ0v) is 12.3. The lowest BCUT2D eigenvalue weighted by Gasteiger charge is -2.10. The highest BCUT2D eigenvalue weighted by molar-refractivity contribution is 6.30. The summed E-state index contributed by atoms with van der Waals surface area (Å²) in [5.74, 6) is -0.112. The second kappa shape index (κ2) is 5.13. The minimum absolute atomic E-state index is 0.156. The van der Waals surface area contributed by atoms with Crippen LogP contribution in [-0.2, 0) is 0 Å². The van der Waals surface area contributed by atoms with Crippen LogP contribution in [0.25, 0.3) is 5.65 Å². The highest BCUT2D eigenvalue weighted by Gasteiger charge is 2.21. The van der Waals surface area contributed by atoms with E-state index in [1.54, 1.807) is 31.2 Å². The van der Waals surface area contributed by atoms with Crippen LogP contribution in [0.3, 0.4) is 0 Å². The van der Waals surface area contributed by atoms with Crippen LogP contribution in [-0.4, -0.2) is 20.4 Å². The van der Waals surface area contributed by atoms with Gasteiger partial charge in [0.15, 0.2) is 11.4 Å². The van der Waals surface area contributed by atoms with E-state index in [0.717, 1.165) is 0 Å². The molecule has 0 saturated heterocycles. The molecule has 2 N–H and O–H groups in total. The van der Waals surface area contributed by atoms with Gasteiger partial charge in [0.1, 0.15) is 17.5 Å². The van der Waals surface area contributed by atoms with Crippen molar-refractivity contribution in [3.05, 3.63) is 57.9 Å². The normalized spacial score (nSPS) is 10.6. The van der Waals surface area contributed by atoms with Crippen molar-refractivity contribution < 1.29 is 4.79 Å². The Balaban J connectivity index is 2.21. The van der Waals surface area contributed by atoms with Crippen LogP contribution in [0.2, 0.25) is 5.02 Å². The molecule has 0 aliphatic rings. The Morgan fingerprint density at radius 3 is 2.68 bits per heavy atom. The smallest absolute Gasteiger partial charge is 0.198 e. The lowest BCUT2D eigenvalue weighted by atomic mass is 10.0. The van der Waals surface area contributed by atoms with Gasteiger partial charge in [-0.25, -0.2) is 4.98 Å². The standard InChI is InChI=1S/C15H10ClN5O/c1-8-12(13(22)9-2-4-11(16)5-3-9)14(18)21-15(20-8)10(6-17)7-19-21/h2-5,7H,18H2,1H3. The first-order valence-electron chi connectivity index (χ1n) is 6.37. The summed E-state index contributed by atoms with van der Waals surface area (Å²) in [7, 11) is 0.